The van der Waals surface area contributed by atoms with Crippen molar-refractivity contribution in [1.82, 2.24) is 15.4 Å². The van der Waals surface area contributed by atoms with Gasteiger partial charge in [-0.3, -0.25) is 10.2 Å². The molecule has 1 aromatic carbocycles. The van der Waals surface area contributed by atoms with Crippen molar-refractivity contribution in [2.75, 3.05) is 20.7 Å². The summed E-state index contributed by atoms with van der Waals surface area (Å²) in [6, 6.07) is 5.66. The molecule has 6 heteroatoms. The average Bonchev–Trinajstić information content (AvgIpc) is 2.67. The second-order valence-electron chi connectivity index (χ2n) is 4.46. The summed E-state index contributed by atoms with van der Waals surface area (Å²) in [6.07, 6.45) is 0. The Kier molecular flexibility index (Phi) is 4.13. The smallest absolute Gasteiger partial charge is 0.260 e. The van der Waals surface area contributed by atoms with E-state index in [4.69, 9.17) is 9.15 Å². The summed E-state index contributed by atoms with van der Waals surface area (Å²) in [7, 11) is 3.50. The molecule has 1 aromatic heterocycles. The molecule has 0 saturated carbocycles. The molecule has 2 rings (SSSR count). The number of hydrogen-bond acceptors (Lipinski definition) is 5. The van der Waals surface area contributed by atoms with E-state index < -0.39 is 0 Å². The SMILES string of the molecule is Cc1nc2ccc(COCC(=O)NN(C)C)cc2o1. The number of benzene rings is 1. The molecule has 0 aliphatic rings. The molecule has 2 aromatic rings. The van der Waals surface area contributed by atoms with Gasteiger partial charge in [-0.15, -0.1) is 0 Å². The maximum absolute atomic E-state index is 11.4. The van der Waals surface area contributed by atoms with Crippen LogP contribution in [0.4, 0.5) is 0 Å². The number of carbonyl (C=O) groups excluding carboxylic acids is 1. The molecule has 6 nitrogen and oxygen atoms in total. The summed E-state index contributed by atoms with van der Waals surface area (Å²) in [5.74, 6) is 0.458. The highest BCUT2D eigenvalue weighted by molar-refractivity contribution is 5.76. The van der Waals surface area contributed by atoms with Gasteiger partial charge in [0.05, 0.1) is 6.61 Å². The van der Waals surface area contributed by atoms with Gasteiger partial charge in [-0.1, -0.05) is 6.07 Å². The lowest BCUT2D eigenvalue weighted by atomic mass is 10.2. The summed E-state index contributed by atoms with van der Waals surface area (Å²) in [5.41, 5.74) is 5.11. The number of rotatable bonds is 5. The molecule has 0 unspecified atom stereocenters. The Morgan fingerprint density at radius 1 is 1.47 bits per heavy atom. The second-order valence-corrected chi connectivity index (χ2v) is 4.46. The van der Waals surface area contributed by atoms with Crippen LogP contribution in [-0.2, 0) is 16.1 Å². The van der Waals surface area contributed by atoms with Gasteiger partial charge in [-0.05, 0) is 17.7 Å². The number of aromatic nitrogens is 1. The average molecular weight is 263 g/mol. The number of amides is 1. The molecule has 0 bridgehead atoms. The monoisotopic (exact) mass is 263 g/mol. The van der Waals surface area contributed by atoms with Gasteiger partial charge in [-0.2, -0.15) is 0 Å². The van der Waals surface area contributed by atoms with E-state index in [1.54, 1.807) is 19.1 Å². The van der Waals surface area contributed by atoms with Gasteiger partial charge in [-0.25, -0.2) is 9.99 Å². The molecule has 0 fully saturated rings. The molecule has 1 heterocycles. The number of oxazole rings is 1. The van der Waals surface area contributed by atoms with E-state index in [1.807, 2.05) is 25.1 Å². The van der Waals surface area contributed by atoms with Gasteiger partial charge in [0.2, 0.25) is 0 Å². The predicted molar refractivity (Wildman–Crippen MR) is 70.2 cm³/mol. The van der Waals surface area contributed by atoms with Gasteiger partial charge in [0.1, 0.15) is 12.1 Å². The fraction of sp³-hybridized carbons (Fsp3) is 0.385. The van der Waals surface area contributed by atoms with E-state index in [1.165, 1.54) is 0 Å². The highest BCUT2D eigenvalue weighted by atomic mass is 16.5. The van der Waals surface area contributed by atoms with E-state index in [0.29, 0.717) is 12.5 Å². The number of carbonyl (C=O) groups is 1. The molecule has 1 amide bonds. The second kappa shape index (κ2) is 5.81. The molecule has 0 atom stereocenters. The maximum atomic E-state index is 11.4. The fourth-order valence-corrected chi connectivity index (χ4v) is 1.72. The molecule has 0 aliphatic heterocycles. The third kappa shape index (κ3) is 3.77. The fourth-order valence-electron chi connectivity index (χ4n) is 1.72. The Labute approximate surface area is 111 Å². The van der Waals surface area contributed by atoms with Gasteiger partial charge in [0.15, 0.2) is 11.5 Å². The lowest BCUT2D eigenvalue weighted by molar-refractivity contribution is -0.129. The highest BCUT2D eigenvalue weighted by Gasteiger charge is 2.05. The van der Waals surface area contributed by atoms with Gasteiger partial charge in [0, 0.05) is 21.0 Å². The third-order valence-electron chi connectivity index (χ3n) is 2.41. The number of aryl methyl sites for hydroxylation is 1. The van der Waals surface area contributed by atoms with Crippen molar-refractivity contribution >= 4 is 17.0 Å². The van der Waals surface area contributed by atoms with Crippen LogP contribution in [0.5, 0.6) is 0 Å². The van der Waals surface area contributed by atoms with Crippen LogP contribution in [0, 0.1) is 6.92 Å². The summed E-state index contributed by atoms with van der Waals surface area (Å²) in [6.45, 7) is 2.18. The lowest BCUT2D eigenvalue weighted by Crippen LogP contribution is -2.38. The maximum Gasteiger partial charge on any atom is 0.260 e. The molecule has 19 heavy (non-hydrogen) atoms. The predicted octanol–water partition coefficient (Wildman–Crippen LogP) is 1.25. The van der Waals surface area contributed by atoms with Crippen molar-refractivity contribution in [3.63, 3.8) is 0 Å². The van der Waals surface area contributed by atoms with Crippen LogP contribution in [0.1, 0.15) is 11.5 Å². The highest BCUT2D eigenvalue weighted by Crippen LogP contribution is 2.17. The lowest BCUT2D eigenvalue weighted by Gasteiger charge is -2.11. The summed E-state index contributed by atoms with van der Waals surface area (Å²) >= 11 is 0. The van der Waals surface area contributed by atoms with E-state index in [-0.39, 0.29) is 12.5 Å². The zero-order chi connectivity index (χ0) is 13.8. The third-order valence-corrected chi connectivity index (χ3v) is 2.41. The van der Waals surface area contributed by atoms with E-state index in [2.05, 4.69) is 10.4 Å². The first-order chi connectivity index (χ1) is 9.04. The van der Waals surface area contributed by atoms with E-state index >= 15 is 0 Å². The summed E-state index contributed by atoms with van der Waals surface area (Å²) in [5, 5.41) is 1.58. The molecular weight excluding hydrogens is 246 g/mol. The molecule has 0 saturated heterocycles. The Hall–Kier alpha value is -1.92. The minimum Gasteiger partial charge on any atom is -0.441 e. The molecule has 102 valence electrons. The quantitative estimate of drug-likeness (QED) is 0.822. The summed E-state index contributed by atoms with van der Waals surface area (Å²) in [4.78, 5) is 15.6. The first kappa shape index (κ1) is 13.5. The van der Waals surface area contributed by atoms with Crippen LogP contribution >= 0.6 is 0 Å². The number of fused-ring (bicyclic) bond motifs is 1. The number of nitrogens with one attached hydrogen (secondary N) is 1. The van der Waals surface area contributed by atoms with Gasteiger partial charge < -0.3 is 9.15 Å². The zero-order valence-electron chi connectivity index (χ0n) is 11.3. The van der Waals surface area contributed by atoms with Crippen LogP contribution < -0.4 is 5.43 Å². The first-order valence-electron chi connectivity index (χ1n) is 5.95. The minimum absolute atomic E-state index is 0.0195. The molecule has 0 aliphatic carbocycles. The Morgan fingerprint density at radius 2 is 2.26 bits per heavy atom. The number of hydrogen-bond donors (Lipinski definition) is 1. The van der Waals surface area contributed by atoms with Crippen molar-refractivity contribution in [2.24, 2.45) is 0 Å². The largest absolute Gasteiger partial charge is 0.441 e. The minimum atomic E-state index is -0.179. The van der Waals surface area contributed by atoms with Crippen LogP contribution in [0.3, 0.4) is 0 Å². The van der Waals surface area contributed by atoms with Crippen molar-refractivity contribution in [3.05, 3.63) is 29.7 Å². The first-order valence-corrected chi connectivity index (χ1v) is 5.95. The number of hydrazine groups is 1. The van der Waals surface area contributed by atoms with Gasteiger partial charge >= 0.3 is 0 Å². The van der Waals surface area contributed by atoms with Crippen molar-refractivity contribution in [2.45, 2.75) is 13.5 Å². The Morgan fingerprint density at radius 3 is 3.00 bits per heavy atom. The molecule has 0 spiro atoms. The Bertz CT molecular complexity index is 578. The van der Waals surface area contributed by atoms with Crippen LogP contribution in [0.2, 0.25) is 0 Å². The number of nitrogens with zero attached hydrogens (tertiary/aromatic N) is 2. The van der Waals surface area contributed by atoms with E-state index in [9.17, 15) is 4.79 Å². The molecular formula is C13H17N3O3. The standard InChI is InChI=1S/C13H17N3O3/c1-9-14-11-5-4-10(6-12(11)19-9)7-18-8-13(17)15-16(2)3/h4-6H,7-8H2,1-3H3,(H,15,17). The Balaban J connectivity index is 1.89. The van der Waals surface area contributed by atoms with Crippen LogP contribution in [0.15, 0.2) is 22.6 Å². The zero-order valence-corrected chi connectivity index (χ0v) is 11.3. The van der Waals surface area contributed by atoms with E-state index in [0.717, 1.165) is 16.7 Å². The van der Waals surface area contributed by atoms with Crippen molar-refractivity contribution < 1.29 is 13.9 Å². The number of ether oxygens (including phenoxy) is 1. The normalized spacial score (nSPS) is 11.2. The summed E-state index contributed by atoms with van der Waals surface area (Å²) < 4.78 is 10.8. The van der Waals surface area contributed by atoms with Crippen LogP contribution in [0.25, 0.3) is 11.1 Å². The molecule has 1 N–H and O–H groups in total. The van der Waals surface area contributed by atoms with Crippen molar-refractivity contribution in [3.8, 4) is 0 Å². The topological polar surface area (TPSA) is 67.6 Å². The van der Waals surface area contributed by atoms with Crippen LogP contribution in [-0.4, -0.2) is 36.6 Å². The molecule has 0 radical (unpaired) electrons. The van der Waals surface area contributed by atoms with Gasteiger partial charge in [0.25, 0.3) is 5.91 Å². The van der Waals surface area contributed by atoms with Crippen molar-refractivity contribution in [1.29, 1.82) is 0 Å².